The Bertz CT molecular complexity index is 507. The molecule has 0 bridgehead atoms. The van der Waals surface area contributed by atoms with Gasteiger partial charge in [0.05, 0.1) is 11.2 Å². The number of anilines is 1. The summed E-state index contributed by atoms with van der Waals surface area (Å²) in [5.41, 5.74) is 11.0. The molecule has 0 saturated heterocycles. The zero-order chi connectivity index (χ0) is 13.0. The number of hydrogen-bond acceptors (Lipinski definition) is 4. The summed E-state index contributed by atoms with van der Waals surface area (Å²) in [6.07, 6.45) is 1.03. The maximum absolute atomic E-state index is 5.77. The van der Waals surface area contributed by atoms with Gasteiger partial charge in [-0.15, -0.1) is 11.3 Å². The van der Waals surface area contributed by atoms with Gasteiger partial charge in [-0.2, -0.15) is 0 Å². The second-order valence-corrected chi connectivity index (χ2v) is 5.53. The Morgan fingerprint density at radius 1 is 1.39 bits per heavy atom. The molecular formula is C14H19N3S. The molecule has 0 unspecified atom stereocenters. The number of nitrogen functional groups attached to an aromatic ring is 1. The average Bonchev–Trinajstić information content (AvgIpc) is 2.73. The van der Waals surface area contributed by atoms with Crippen molar-refractivity contribution in [2.24, 2.45) is 0 Å². The average molecular weight is 261 g/mol. The van der Waals surface area contributed by atoms with Crippen LogP contribution in [0.2, 0.25) is 0 Å². The van der Waals surface area contributed by atoms with Crippen molar-refractivity contribution in [3.8, 4) is 0 Å². The third-order valence-corrected chi connectivity index (χ3v) is 3.91. The fourth-order valence-electron chi connectivity index (χ4n) is 1.87. The number of hydrogen-bond donors (Lipinski definition) is 1. The first-order valence-electron chi connectivity index (χ1n) is 6.07. The fraction of sp³-hybridized carbons (Fsp3) is 0.357. The molecule has 0 aliphatic rings. The van der Waals surface area contributed by atoms with E-state index in [1.54, 1.807) is 11.3 Å². The molecule has 2 aromatic rings. The molecule has 0 aliphatic heterocycles. The van der Waals surface area contributed by atoms with Crippen LogP contribution in [0.1, 0.15) is 16.1 Å². The Labute approximate surface area is 112 Å². The predicted octanol–water partition coefficient (Wildman–Crippen LogP) is 2.71. The molecule has 0 atom stereocenters. The Morgan fingerprint density at radius 3 is 2.89 bits per heavy atom. The van der Waals surface area contributed by atoms with Crippen molar-refractivity contribution in [2.45, 2.75) is 19.9 Å². The molecule has 1 aromatic carbocycles. The van der Waals surface area contributed by atoms with Gasteiger partial charge in [-0.05, 0) is 38.1 Å². The van der Waals surface area contributed by atoms with Crippen LogP contribution < -0.4 is 5.73 Å². The van der Waals surface area contributed by atoms with Gasteiger partial charge in [0, 0.05) is 23.7 Å². The third-order valence-electron chi connectivity index (χ3n) is 2.99. The van der Waals surface area contributed by atoms with Gasteiger partial charge in [-0.1, -0.05) is 12.1 Å². The quantitative estimate of drug-likeness (QED) is 0.841. The molecule has 0 amide bonds. The molecule has 0 radical (unpaired) electrons. The highest BCUT2D eigenvalue weighted by Gasteiger charge is 2.05. The first kappa shape index (κ1) is 13.1. The van der Waals surface area contributed by atoms with Gasteiger partial charge in [0.25, 0.3) is 0 Å². The van der Waals surface area contributed by atoms with Crippen LogP contribution in [0.4, 0.5) is 5.69 Å². The van der Waals surface area contributed by atoms with E-state index in [0.717, 1.165) is 30.9 Å². The van der Waals surface area contributed by atoms with Crippen LogP contribution in [0.25, 0.3) is 0 Å². The van der Waals surface area contributed by atoms with Crippen LogP contribution in [-0.2, 0) is 13.0 Å². The van der Waals surface area contributed by atoms with E-state index in [9.17, 15) is 0 Å². The Kier molecular flexibility index (Phi) is 4.33. The first-order chi connectivity index (χ1) is 8.65. The topological polar surface area (TPSA) is 42.2 Å². The molecule has 2 N–H and O–H groups in total. The van der Waals surface area contributed by atoms with Crippen molar-refractivity contribution in [2.75, 3.05) is 19.3 Å². The highest BCUT2D eigenvalue weighted by atomic mass is 32.1. The summed E-state index contributed by atoms with van der Waals surface area (Å²) in [5, 5.41) is 0. The molecule has 96 valence electrons. The Morgan fingerprint density at radius 2 is 2.22 bits per heavy atom. The van der Waals surface area contributed by atoms with E-state index in [1.807, 2.05) is 23.7 Å². The molecule has 3 nitrogen and oxygen atoms in total. The van der Waals surface area contributed by atoms with E-state index in [-0.39, 0.29) is 0 Å². The van der Waals surface area contributed by atoms with E-state index < -0.39 is 0 Å². The molecule has 2 rings (SSSR count). The van der Waals surface area contributed by atoms with Crippen LogP contribution in [0.5, 0.6) is 0 Å². The lowest BCUT2D eigenvalue weighted by molar-refractivity contribution is 0.333. The lowest BCUT2D eigenvalue weighted by Crippen LogP contribution is -2.20. The predicted molar refractivity (Wildman–Crippen MR) is 77.7 cm³/mol. The third kappa shape index (κ3) is 3.55. The number of nitrogens with zero attached hydrogens (tertiary/aromatic N) is 2. The van der Waals surface area contributed by atoms with Gasteiger partial charge in [-0.3, -0.25) is 0 Å². The molecule has 0 spiro atoms. The van der Waals surface area contributed by atoms with Crippen molar-refractivity contribution in [1.82, 2.24) is 9.88 Å². The number of thiazole rings is 1. The lowest BCUT2D eigenvalue weighted by Gasteiger charge is -2.16. The number of aromatic nitrogens is 1. The zero-order valence-corrected chi connectivity index (χ0v) is 11.7. The van der Waals surface area contributed by atoms with Crippen LogP contribution in [0, 0.1) is 6.92 Å². The van der Waals surface area contributed by atoms with Crippen molar-refractivity contribution in [3.05, 3.63) is 45.9 Å². The minimum atomic E-state index is 0.841. The minimum Gasteiger partial charge on any atom is -0.399 e. The van der Waals surface area contributed by atoms with Crippen molar-refractivity contribution >= 4 is 17.0 Å². The smallest absolute Gasteiger partial charge is 0.0798 e. The second-order valence-electron chi connectivity index (χ2n) is 4.59. The summed E-state index contributed by atoms with van der Waals surface area (Å²) in [5.74, 6) is 0. The largest absolute Gasteiger partial charge is 0.399 e. The second kappa shape index (κ2) is 5.98. The monoisotopic (exact) mass is 261 g/mol. The van der Waals surface area contributed by atoms with Gasteiger partial charge in [0.15, 0.2) is 0 Å². The molecule has 1 aromatic heterocycles. The van der Waals surface area contributed by atoms with Crippen LogP contribution in [0.15, 0.2) is 29.8 Å². The van der Waals surface area contributed by atoms with E-state index in [0.29, 0.717) is 0 Å². The summed E-state index contributed by atoms with van der Waals surface area (Å²) in [7, 11) is 2.14. The SMILES string of the molecule is Cc1ncsc1CN(C)CCc1cccc(N)c1. The van der Waals surface area contributed by atoms with Gasteiger partial charge in [-0.25, -0.2) is 4.98 Å². The molecule has 1 heterocycles. The molecular weight excluding hydrogens is 242 g/mol. The van der Waals surface area contributed by atoms with Gasteiger partial charge in [0.1, 0.15) is 0 Å². The number of benzene rings is 1. The van der Waals surface area contributed by atoms with E-state index in [4.69, 9.17) is 5.73 Å². The normalized spacial score (nSPS) is 11.1. The Balaban J connectivity index is 1.85. The summed E-state index contributed by atoms with van der Waals surface area (Å²) < 4.78 is 0. The summed E-state index contributed by atoms with van der Waals surface area (Å²) >= 11 is 1.73. The summed E-state index contributed by atoms with van der Waals surface area (Å²) in [6, 6.07) is 8.11. The van der Waals surface area contributed by atoms with Crippen LogP contribution in [-0.4, -0.2) is 23.5 Å². The molecule has 18 heavy (non-hydrogen) atoms. The van der Waals surface area contributed by atoms with Crippen LogP contribution in [0.3, 0.4) is 0 Å². The molecule has 0 saturated carbocycles. The number of likely N-dealkylation sites (N-methyl/N-ethyl adjacent to an activating group) is 1. The van der Waals surface area contributed by atoms with Crippen molar-refractivity contribution in [3.63, 3.8) is 0 Å². The van der Waals surface area contributed by atoms with Gasteiger partial charge < -0.3 is 10.6 Å². The molecule has 0 aliphatic carbocycles. The van der Waals surface area contributed by atoms with Gasteiger partial charge >= 0.3 is 0 Å². The van der Waals surface area contributed by atoms with E-state index >= 15 is 0 Å². The summed E-state index contributed by atoms with van der Waals surface area (Å²) in [4.78, 5) is 7.95. The molecule has 4 heteroatoms. The standard InChI is InChI=1S/C14H19N3S/c1-11-14(18-10-16-11)9-17(2)7-6-12-4-3-5-13(15)8-12/h3-5,8,10H,6-7,9,15H2,1-2H3. The minimum absolute atomic E-state index is 0.841. The van der Waals surface area contributed by atoms with Gasteiger partial charge in [0.2, 0.25) is 0 Å². The highest BCUT2D eigenvalue weighted by Crippen LogP contribution is 2.14. The van der Waals surface area contributed by atoms with Crippen molar-refractivity contribution < 1.29 is 0 Å². The zero-order valence-electron chi connectivity index (χ0n) is 10.9. The maximum Gasteiger partial charge on any atom is 0.0798 e. The Hall–Kier alpha value is -1.39. The van der Waals surface area contributed by atoms with Crippen molar-refractivity contribution in [1.29, 1.82) is 0 Å². The fourth-order valence-corrected chi connectivity index (χ4v) is 2.73. The first-order valence-corrected chi connectivity index (χ1v) is 6.95. The maximum atomic E-state index is 5.77. The number of rotatable bonds is 5. The van der Waals surface area contributed by atoms with E-state index in [1.165, 1.54) is 10.4 Å². The number of nitrogens with two attached hydrogens (primary N) is 1. The van der Waals surface area contributed by atoms with Crippen LogP contribution >= 0.6 is 11.3 Å². The molecule has 0 fully saturated rings. The highest BCUT2D eigenvalue weighted by molar-refractivity contribution is 7.09. The lowest BCUT2D eigenvalue weighted by atomic mass is 10.1. The summed E-state index contributed by atoms with van der Waals surface area (Å²) in [6.45, 7) is 4.07. The van der Waals surface area contributed by atoms with E-state index in [2.05, 4.69) is 29.9 Å². The number of aryl methyl sites for hydroxylation is 1.